The molecule has 2 heterocycles. The van der Waals surface area contributed by atoms with E-state index in [1.165, 1.54) is 4.68 Å². The topological polar surface area (TPSA) is 39.9 Å². The first-order chi connectivity index (χ1) is 20.2. The lowest BCUT2D eigenvalue weighted by atomic mass is 10.0. The molecule has 0 aliphatic heterocycles. The van der Waals surface area contributed by atoms with Crippen LogP contribution in [-0.4, -0.2) is 14.8 Å². The molecule has 0 aliphatic carbocycles. The third kappa shape index (κ3) is 5.71. The average Bonchev–Trinajstić information content (AvgIpc) is 3.36. The van der Waals surface area contributed by atoms with Gasteiger partial charge in [-0.15, -0.1) is 0 Å². The lowest BCUT2D eigenvalue weighted by molar-refractivity contribution is -0.136. The van der Waals surface area contributed by atoms with Crippen LogP contribution in [0.3, 0.4) is 0 Å². The second kappa shape index (κ2) is 11.2. The van der Waals surface area contributed by atoms with E-state index in [2.05, 4.69) is 5.10 Å². The van der Waals surface area contributed by atoms with Crippen molar-refractivity contribution in [2.24, 2.45) is 0 Å². The van der Waals surface area contributed by atoms with E-state index in [0.29, 0.717) is 39.2 Å². The highest BCUT2D eigenvalue weighted by atomic mass is 35.5. The van der Waals surface area contributed by atoms with Gasteiger partial charge in [0.05, 0.1) is 22.3 Å². The van der Waals surface area contributed by atoms with Crippen LogP contribution in [0.15, 0.2) is 103 Å². The number of fused-ring (bicyclic) bond motifs is 1. The van der Waals surface area contributed by atoms with Crippen molar-refractivity contribution in [3.63, 3.8) is 0 Å². The first-order valence-corrected chi connectivity index (χ1v) is 13.7. The molecule has 0 atom stereocenters. The summed E-state index contributed by atoms with van der Waals surface area (Å²) in [5.74, 6) is 0.588. The Morgan fingerprint density at radius 3 is 2.14 bits per heavy atom. The molecule has 0 amide bonds. The highest BCUT2D eigenvalue weighted by Crippen LogP contribution is 2.42. The maximum atomic E-state index is 14.7. The van der Waals surface area contributed by atoms with Gasteiger partial charge in [-0.25, -0.2) is 9.67 Å². The Bertz CT molecular complexity index is 1880. The number of halogens is 5. The maximum absolute atomic E-state index is 14.7. The first kappa shape index (κ1) is 27.8. The molecular weight excluding hydrogens is 582 g/mol. The van der Waals surface area contributed by atoms with Crippen LogP contribution in [0.2, 0.25) is 10.0 Å². The Morgan fingerprint density at radius 1 is 0.786 bits per heavy atom. The van der Waals surface area contributed by atoms with E-state index in [4.69, 9.17) is 32.9 Å². The smallest absolute Gasteiger partial charge is 0.417 e. The molecule has 0 fully saturated rings. The predicted molar refractivity (Wildman–Crippen MR) is 160 cm³/mol. The van der Waals surface area contributed by atoms with E-state index < -0.39 is 11.7 Å². The fourth-order valence-corrected chi connectivity index (χ4v) is 4.97. The van der Waals surface area contributed by atoms with Gasteiger partial charge < -0.3 is 4.74 Å². The number of alkyl halides is 3. The van der Waals surface area contributed by atoms with Crippen LogP contribution in [0.4, 0.5) is 13.2 Å². The van der Waals surface area contributed by atoms with Gasteiger partial charge in [-0.3, -0.25) is 0 Å². The van der Waals surface area contributed by atoms with Gasteiger partial charge in [0.1, 0.15) is 18.1 Å². The lowest BCUT2D eigenvalue weighted by Crippen LogP contribution is -2.08. The summed E-state index contributed by atoms with van der Waals surface area (Å²) < 4.78 is 51.3. The fourth-order valence-electron chi connectivity index (χ4n) is 4.66. The van der Waals surface area contributed by atoms with Gasteiger partial charge in [0.25, 0.3) is 0 Å². The molecule has 0 radical (unpaired) electrons. The minimum atomic E-state index is -4.68. The van der Waals surface area contributed by atoms with Crippen molar-refractivity contribution >= 4 is 34.2 Å². The van der Waals surface area contributed by atoms with E-state index >= 15 is 0 Å². The average molecular weight is 604 g/mol. The number of hydrogen-bond acceptors (Lipinski definition) is 3. The molecule has 0 bridgehead atoms. The SMILES string of the molecule is Cc1ccc(COc2ccc(-c3cc(C(F)(F)F)c4c(-c5ccc(Cl)cc5)nn(-c5cccc(Cl)c5)c4n3)cc2)cc1. The van der Waals surface area contributed by atoms with E-state index in [0.717, 1.165) is 17.2 Å². The molecule has 210 valence electrons. The molecule has 6 aromatic rings. The summed E-state index contributed by atoms with van der Waals surface area (Å²) >= 11 is 12.3. The van der Waals surface area contributed by atoms with Crippen LogP contribution >= 0.6 is 23.2 Å². The van der Waals surface area contributed by atoms with E-state index in [9.17, 15) is 13.2 Å². The third-order valence-electron chi connectivity index (χ3n) is 6.79. The number of ether oxygens (including phenoxy) is 1. The molecular formula is C33H22Cl2F3N3O. The standard InChI is InChI=1S/C33H22Cl2F3N3O/c1-20-5-7-21(8-6-20)19-42-27-15-11-22(12-16-27)29-18-28(33(36,37)38)30-31(23-9-13-24(34)14-10-23)40-41(32(30)39-29)26-4-2-3-25(35)17-26/h2-18H,19H2,1H3. The highest BCUT2D eigenvalue weighted by molar-refractivity contribution is 6.31. The van der Waals surface area contributed by atoms with Gasteiger partial charge in [-0.05, 0) is 73.2 Å². The normalized spacial score (nSPS) is 11.7. The zero-order valence-corrected chi connectivity index (χ0v) is 23.7. The fraction of sp³-hybridized carbons (Fsp3) is 0.0909. The Kier molecular flexibility index (Phi) is 7.39. The second-order valence-electron chi connectivity index (χ2n) is 9.80. The molecule has 0 N–H and O–H groups in total. The summed E-state index contributed by atoms with van der Waals surface area (Å²) in [7, 11) is 0. The highest BCUT2D eigenvalue weighted by Gasteiger charge is 2.36. The number of nitrogens with zero attached hydrogens (tertiary/aromatic N) is 3. The molecule has 0 unspecified atom stereocenters. The van der Waals surface area contributed by atoms with Crippen molar-refractivity contribution in [1.82, 2.24) is 14.8 Å². The third-order valence-corrected chi connectivity index (χ3v) is 7.28. The summed E-state index contributed by atoms with van der Waals surface area (Å²) in [4.78, 5) is 4.71. The summed E-state index contributed by atoms with van der Waals surface area (Å²) in [5, 5.41) is 5.37. The Hall–Kier alpha value is -4.33. The predicted octanol–water partition coefficient (Wildman–Crippen LogP) is 9.97. The number of aromatic nitrogens is 3. The molecule has 0 aliphatic rings. The summed E-state index contributed by atoms with van der Waals surface area (Å²) in [6.45, 7) is 2.38. The van der Waals surface area contributed by atoms with Gasteiger partial charge >= 0.3 is 6.18 Å². The van der Waals surface area contributed by atoms with Crippen LogP contribution < -0.4 is 4.74 Å². The van der Waals surface area contributed by atoms with Crippen LogP contribution in [0.25, 0.3) is 39.2 Å². The lowest BCUT2D eigenvalue weighted by Gasteiger charge is -2.13. The van der Waals surface area contributed by atoms with Gasteiger partial charge in [-0.1, -0.05) is 71.2 Å². The monoisotopic (exact) mass is 603 g/mol. The van der Waals surface area contributed by atoms with Crippen molar-refractivity contribution in [2.45, 2.75) is 19.7 Å². The number of benzene rings is 4. The van der Waals surface area contributed by atoms with Gasteiger partial charge in [0.2, 0.25) is 0 Å². The molecule has 0 saturated carbocycles. The summed E-state index contributed by atoms with van der Waals surface area (Å²) in [6, 6.07) is 29.1. The number of hydrogen-bond donors (Lipinski definition) is 0. The molecule has 4 aromatic carbocycles. The van der Waals surface area contributed by atoms with Crippen molar-refractivity contribution in [3.8, 4) is 34.0 Å². The Balaban J connectivity index is 1.47. The number of rotatable bonds is 6. The molecule has 42 heavy (non-hydrogen) atoms. The molecule has 6 rings (SSSR count). The van der Waals surface area contributed by atoms with Gasteiger partial charge in [0.15, 0.2) is 5.65 Å². The van der Waals surface area contributed by atoms with Crippen LogP contribution in [0.1, 0.15) is 16.7 Å². The van der Waals surface area contributed by atoms with E-state index in [1.807, 2.05) is 31.2 Å². The Morgan fingerprint density at radius 2 is 1.48 bits per heavy atom. The van der Waals surface area contributed by atoms with Crippen molar-refractivity contribution in [2.75, 3.05) is 0 Å². The molecule has 0 spiro atoms. The molecule has 2 aromatic heterocycles. The van der Waals surface area contributed by atoms with Crippen LogP contribution in [0.5, 0.6) is 5.75 Å². The Labute approximate surface area is 249 Å². The first-order valence-electron chi connectivity index (χ1n) is 13.0. The zero-order chi connectivity index (χ0) is 29.4. The minimum absolute atomic E-state index is 0.0479. The van der Waals surface area contributed by atoms with Gasteiger partial charge in [-0.2, -0.15) is 18.3 Å². The quantitative estimate of drug-likeness (QED) is 0.190. The molecule has 4 nitrogen and oxygen atoms in total. The molecule has 9 heteroatoms. The van der Waals surface area contributed by atoms with Crippen molar-refractivity contribution < 1.29 is 17.9 Å². The minimum Gasteiger partial charge on any atom is -0.489 e. The second-order valence-corrected chi connectivity index (χ2v) is 10.7. The summed E-state index contributed by atoms with van der Waals surface area (Å²) in [5.41, 5.74) is 3.09. The maximum Gasteiger partial charge on any atom is 0.417 e. The largest absolute Gasteiger partial charge is 0.489 e. The van der Waals surface area contributed by atoms with Crippen LogP contribution in [0, 0.1) is 6.92 Å². The summed E-state index contributed by atoms with van der Waals surface area (Å²) in [6.07, 6.45) is -4.68. The van der Waals surface area contributed by atoms with Crippen LogP contribution in [-0.2, 0) is 12.8 Å². The van der Waals surface area contributed by atoms with E-state index in [1.54, 1.807) is 72.8 Å². The zero-order valence-electron chi connectivity index (χ0n) is 22.2. The molecule has 0 saturated heterocycles. The van der Waals surface area contributed by atoms with E-state index in [-0.39, 0.29) is 22.4 Å². The van der Waals surface area contributed by atoms with Gasteiger partial charge in [0, 0.05) is 21.2 Å². The van der Waals surface area contributed by atoms with Crippen molar-refractivity contribution in [1.29, 1.82) is 0 Å². The number of aryl methyl sites for hydroxylation is 1. The van der Waals surface area contributed by atoms with Crippen molar-refractivity contribution in [3.05, 3.63) is 130 Å². The number of pyridine rings is 1.